The third-order valence-corrected chi connectivity index (χ3v) is 11.1. The Morgan fingerprint density at radius 1 is 0.434 bits per heavy atom. The van der Waals surface area contributed by atoms with Gasteiger partial charge in [0.15, 0.2) is 5.82 Å². The molecule has 2 aromatic heterocycles. The zero-order valence-corrected chi connectivity index (χ0v) is 29.0. The van der Waals surface area contributed by atoms with Gasteiger partial charge < -0.3 is 4.42 Å². The lowest BCUT2D eigenvalue weighted by molar-refractivity contribution is 0.673. The van der Waals surface area contributed by atoms with Gasteiger partial charge in [0.2, 0.25) is 0 Å². The topological polar surface area (TPSA) is 38.9 Å². The van der Waals surface area contributed by atoms with Gasteiger partial charge in [-0.3, -0.25) is 0 Å². The van der Waals surface area contributed by atoms with Crippen molar-refractivity contribution in [3.8, 4) is 56.2 Å². The van der Waals surface area contributed by atoms with Gasteiger partial charge in [-0.2, -0.15) is 0 Å². The van der Waals surface area contributed by atoms with Crippen molar-refractivity contribution >= 4 is 43.5 Å². The van der Waals surface area contributed by atoms with E-state index in [0.29, 0.717) is 0 Å². The van der Waals surface area contributed by atoms with Gasteiger partial charge in [-0.25, -0.2) is 9.97 Å². The maximum Gasteiger partial charge on any atom is 0.161 e. The predicted molar refractivity (Wildman–Crippen MR) is 219 cm³/mol. The molecular weight excluding hydrogens is 645 g/mol. The van der Waals surface area contributed by atoms with Crippen LogP contribution in [-0.4, -0.2) is 9.97 Å². The average Bonchev–Trinajstić information content (AvgIpc) is 3.75. The lowest BCUT2D eigenvalue weighted by atomic mass is 9.94. The Bertz CT molecular complexity index is 3060. The molecule has 0 fully saturated rings. The molecule has 10 aromatic rings. The highest BCUT2D eigenvalue weighted by atomic mass is 16.3. The van der Waals surface area contributed by atoms with E-state index in [0.717, 1.165) is 72.2 Å². The van der Waals surface area contributed by atoms with Crippen LogP contribution in [0.1, 0.15) is 24.0 Å². The molecular formula is C50H32N2O. The minimum atomic E-state index is 0.196. The first kappa shape index (κ1) is 29.8. The van der Waals surface area contributed by atoms with Gasteiger partial charge in [-0.05, 0) is 62.2 Å². The first-order valence-electron chi connectivity index (χ1n) is 18.2. The van der Waals surface area contributed by atoms with Crippen LogP contribution in [0, 0.1) is 0 Å². The van der Waals surface area contributed by atoms with Gasteiger partial charge in [0, 0.05) is 44.3 Å². The van der Waals surface area contributed by atoms with Crippen molar-refractivity contribution in [1.29, 1.82) is 0 Å². The van der Waals surface area contributed by atoms with Gasteiger partial charge in [0.05, 0.1) is 11.4 Å². The van der Waals surface area contributed by atoms with Crippen LogP contribution in [0.3, 0.4) is 0 Å². The van der Waals surface area contributed by atoms with E-state index in [4.69, 9.17) is 14.4 Å². The molecule has 0 saturated heterocycles. The van der Waals surface area contributed by atoms with Crippen LogP contribution < -0.4 is 0 Å². The molecule has 0 amide bonds. The standard InChI is InChI=1S/C50H32N2O/c1-30-36-16-7-9-19-40(36)48-46(30)47(34-13-3-2-4-14-34)51-50(52-48)44-29-43-42-28-35(26-27-45(42)53-49(43)41-20-10-8-18-39(41)44)31-22-24-33(25-23-31)38-21-11-15-32-12-5-6-17-37(32)38/h2-30H,1H3. The van der Waals surface area contributed by atoms with Gasteiger partial charge in [0.25, 0.3) is 0 Å². The number of rotatable bonds is 4. The molecule has 3 nitrogen and oxygen atoms in total. The molecule has 248 valence electrons. The molecule has 0 N–H and O–H groups in total. The second-order valence-electron chi connectivity index (χ2n) is 14.1. The second-order valence-corrected chi connectivity index (χ2v) is 14.1. The molecule has 8 aromatic carbocycles. The van der Waals surface area contributed by atoms with Crippen molar-refractivity contribution in [2.75, 3.05) is 0 Å². The predicted octanol–water partition coefficient (Wildman–Crippen LogP) is 13.5. The van der Waals surface area contributed by atoms with Crippen LogP contribution >= 0.6 is 0 Å². The SMILES string of the molecule is CC1c2ccccc2-c2nc(-c3cc4c5cc(-c6ccc(-c7cccc8ccccc78)cc6)ccc5oc4c4ccccc34)nc(-c3ccccc3)c21. The summed E-state index contributed by atoms with van der Waals surface area (Å²) in [7, 11) is 0. The molecule has 0 bridgehead atoms. The van der Waals surface area contributed by atoms with Crippen LogP contribution in [-0.2, 0) is 0 Å². The Morgan fingerprint density at radius 2 is 1.09 bits per heavy atom. The summed E-state index contributed by atoms with van der Waals surface area (Å²) in [6, 6.07) is 60.5. The van der Waals surface area contributed by atoms with Crippen molar-refractivity contribution in [3.63, 3.8) is 0 Å². The van der Waals surface area contributed by atoms with Crippen molar-refractivity contribution in [3.05, 3.63) is 181 Å². The summed E-state index contributed by atoms with van der Waals surface area (Å²) >= 11 is 0. The van der Waals surface area contributed by atoms with Crippen molar-refractivity contribution < 1.29 is 4.42 Å². The maximum atomic E-state index is 6.65. The molecule has 1 aliphatic carbocycles. The molecule has 0 spiro atoms. The summed E-state index contributed by atoms with van der Waals surface area (Å²) in [6.07, 6.45) is 0. The summed E-state index contributed by atoms with van der Waals surface area (Å²) in [5.41, 5.74) is 14.3. The fourth-order valence-corrected chi connectivity index (χ4v) is 8.55. The van der Waals surface area contributed by atoms with Crippen molar-refractivity contribution in [2.24, 2.45) is 0 Å². The molecule has 11 rings (SSSR count). The Balaban J connectivity index is 1.09. The third kappa shape index (κ3) is 4.60. The molecule has 0 saturated carbocycles. The quantitative estimate of drug-likeness (QED) is 0.186. The molecule has 0 radical (unpaired) electrons. The number of nitrogens with zero attached hydrogens (tertiary/aromatic N) is 2. The fraction of sp³-hybridized carbons (Fsp3) is 0.0400. The van der Waals surface area contributed by atoms with E-state index in [1.165, 1.54) is 38.6 Å². The van der Waals surface area contributed by atoms with E-state index in [1.807, 2.05) is 0 Å². The molecule has 1 atom stereocenters. The van der Waals surface area contributed by atoms with Gasteiger partial charge >= 0.3 is 0 Å². The number of furan rings is 1. The van der Waals surface area contributed by atoms with Crippen molar-refractivity contribution in [2.45, 2.75) is 12.8 Å². The number of hydrogen-bond donors (Lipinski definition) is 0. The first-order chi connectivity index (χ1) is 26.2. The maximum absolute atomic E-state index is 6.65. The summed E-state index contributed by atoms with van der Waals surface area (Å²) in [6.45, 7) is 2.27. The molecule has 1 unspecified atom stereocenters. The monoisotopic (exact) mass is 676 g/mol. The zero-order chi connectivity index (χ0) is 35.0. The van der Waals surface area contributed by atoms with Gasteiger partial charge in [-0.15, -0.1) is 0 Å². The molecule has 53 heavy (non-hydrogen) atoms. The van der Waals surface area contributed by atoms with Gasteiger partial charge in [0.1, 0.15) is 11.2 Å². The number of benzene rings is 8. The summed E-state index contributed by atoms with van der Waals surface area (Å²) in [5.74, 6) is 0.918. The zero-order valence-electron chi connectivity index (χ0n) is 29.0. The second kappa shape index (κ2) is 11.6. The largest absolute Gasteiger partial charge is 0.455 e. The smallest absolute Gasteiger partial charge is 0.161 e. The summed E-state index contributed by atoms with van der Waals surface area (Å²) < 4.78 is 6.65. The first-order valence-corrected chi connectivity index (χ1v) is 18.2. The third-order valence-electron chi connectivity index (χ3n) is 11.1. The number of aromatic nitrogens is 2. The highest BCUT2D eigenvalue weighted by molar-refractivity contribution is 6.19. The van der Waals surface area contributed by atoms with Crippen LogP contribution in [0.4, 0.5) is 0 Å². The van der Waals surface area contributed by atoms with E-state index in [2.05, 4.69) is 177 Å². The van der Waals surface area contributed by atoms with Gasteiger partial charge in [-0.1, -0.05) is 159 Å². The van der Waals surface area contributed by atoms with E-state index >= 15 is 0 Å². The highest BCUT2D eigenvalue weighted by Crippen LogP contribution is 2.49. The lowest BCUT2D eigenvalue weighted by Gasteiger charge is -2.15. The minimum absolute atomic E-state index is 0.196. The molecule has 0 aliphatic heterocycles. The van der Waals surface area contributed by atoms with Crippen LogP contribution in [0.25, 0.3) is 99.6 Å². The summed E-state index contributed by atoms with van der Waals surface area (Å²) in [5, 5.41) is 6.77. The van der Waals surface area contributed by atoms with Crippen LogP contribution in [0.5, 0.6) is 0 Å². The number of fused-ring (bicyclic) bond motifs is 9. The van der Waals surface area contributed by atoms with Crippen LogP contribution in [0.15, 0.2) is 174 Å². The Labute approximate surface area is 306 Å². The van der Waals surface area contributed by atoms with Crippen molar-refractivity contribution in [1.82, 2.24) is 9.97 Å². The minimum Gasteiger partial charge on any atom is -0.455 e. The van der Waals surface area contributed by atoms with E-state index in [-0.39, 0.29) is 5.92 Å². The average molecular weight is 677 g/mol. The Morgan fingerprint density at radius 3 is 1.96 bits per heavy atom. The molecule has 3 heteroatoms. The Hall–Kier alpha value is -6.84. The number of hydrogen-bond acceptors (Lipinski definition) is 3. The molecule has 1 aliphatic rings. The highest BCUT2D eigenvalue weighted by Gasteiger charge is 2.32. The Kier molecular flexibility index (Phi) is 6.53. The fourth-order valence-electron chi connectivity index (χ4n) is 8.55. The van der Waals surface area contributed by atoms with E-state index in [1.54, 1.807) is 0 Å². The lowest BCUT2D eigenvalue weighted by Crippen LogP contribution is -2.01. The van der Waals surface area contributed by atoms with E-state index < -0.39 is 0 Å². The molecule has 2 heterocycles. The van der Waals surface area contributed by atoms with Crippen LogP contribution in [0.2, 0.25) is 0 Å². The summed E-state index contributed by atoms with van der Waals surface area (Å²) in [4.78, 5) is 10.8. The normalized spacial score (nSPS) is 13.6. The van der Waals surface area contributed by atoms with E-state index in [9.17, 15) is 0 Å².